The Labute approximate surface area is 89.6 Å². The van der Waals surface area contributed by atoms with Crippen LogP contribution in [0.4, 0.5) is 0 Å². The highest BCUT2D eigenvalue weighted by Crippen LogP contribution is 2.26. The number of methoxy groups -OCH3 is 2. The van der Waals surface area contributed by atoms with Gasteiger partial charge in [-0.1, -0.05) is 0 Å². The van der Waals surface area contributed by atoms with E-state index in [1.807, 2.05) is 0 Å². The summed E-state index contributed by atoms with van der Waals surface area (Å²) in [6, 6.07) is 4.91. The van der Waals surface area contributed by atoms with Crippen LogP contribution in [-0.2, 0) is 0 Å². The second-order valence-electron chi connectivity index (χ2n) is 3.41. The van der Waals surface area contributed by atoms with Crippen LogP contribution in [0.25, 0.3) is 0 Å². The maximum Gasteiger partial charge on any atom is 0.122 e. The van der Waals surface area contributed by atoms with Crippen molar-refractivity contribution < 1.29 is 14.6 Å². The predicted octanol–water partition coefficient (Wildman–Crippen LogP) is 1.08. The maximum absolute atomic E-state index is 9.39. The van der Waals surface area contributed by atoms with E-state index in [1.165, 1.54) is 0 Å². The number of hydrogen-bond acceptors (Lipinski definition) is 4. The van der Waals surface area contributed by atoms with Crippen molar-refractivity contribution >= 4 is 0 Å². The van der Waals surface area contributed by atoms with Crippen LogP contribution >= 0.6 is 0 Å². The molecule has 15 heavy (non-hydrogen) atoms. The Morgan fingerprint density at radius 2 is 1.60 bits per heavy atom. The molecule has 0 aliphatic carbocycles. The number of hydrogen-bond donors (Lipinski definition) is 2. The number of rotatable bonds is 4. The van der Waals surface area contributed by atoms with Gasteiger partial charge in [-0.2, -0.15) is 0 Å². The molecular formula is C11H17NO3. The van der Waals surface area contributed by atoms with Crippen LogP contribution in [0.2, 0.25) is 0 Å². The Morgan fingerprint density at radius 1 is 1.13 bits per heavy atom. The summed E-state index contributed by atoms with van der Waals surface area (Å²) in [5.74, 6) is 1.33. The van der Waals surface area contributed by atoms with Crippen molar-refractivity contribution in [1.82, 2.24) is 0 Å². The highest BCUT2D eigenvalue weighted by atomic mass is 16.5. The van der Waals surface area contributed by atoms with Gasteiger partial charge >= 0.3 is 0 Å². The molecule has 0 aliphatic heterocycles. The molecule has 0 spiro atoms. The van der Waals surface area contributed by atoms with E-state index in [-0.39, 0.29) is 0 Å². The SMILES string of the molecule is COc1cc(OC)cc([C@@H](N)[C@@H](C)O)c1. The summed E-state index contributed by atoms with van der Waals surface area (Å²) < 4.78 is 10.2. The van der Waals surface area contributed by atoms with Gasteiger partial charge in [0.15, 0.2) is 0 Å². The topological polar surface area (TPSA) is 64.7 Å². The van der Waals surface area contributed by atoms with Gasteiger partial charge in [0.1, 0.15) is 11.5 Å². The second kappa shape index (κ2) is 5.00. The fraction of sp³-hybridized carbons (Fsp3) is 0.455. The first-order valence-electron chi connectivity index (χ1n) is 4.75. The lowest BCUT2D eigenvalue weighted by molar-refractivity contribution is 0.164. The van der Waals surface area contributed by atoms with Crippen LogP contribution < -0.4 is 15.2 Å². The van der Waals surface area contributed by atoms with E-state index in [0.29, 0.717) is 11.5 Å². The van der Waals surface area contributed by atoms with Crippen LogP contribution in [0.3, 0.4) is 0 Å². The van der Waals surface area contributed by atoms with Crippen molar-refractivity contribution in [2.24, 2.45) is 5.73 Å². The van der Waals surface area contributed by atoms with Crippen molar-refractivity contribution in [1.29, 1.82) is 0 Å². The van der Waals surface area contributed by atoms with Gasteiger partial charge in [0, 0.05) is 6.07 Å². The molecule has 0 heterocycles. The molecule has 1 aromatic carbocycles. The Kier molecular flexibility index (Phi) is 3.94. The van der Waals surface area contributed by atoms with Gasteiger partial charge in [0.05, 0.1) is 26.4 Å². The third kappa shape index (κ3) is 2.84. The monoisotopic (exact) mass is 211 g/mol. The van der Waals surface area contributed by atoms with Crippen LogP contribution in [-0.4, -0.2) is 25.4 Å². The molecular weight excluding hydrogens is 194 g/mol. The zero-order valence-corrected chi connectivity index (χ0v) is 9.23. The number of nitrogens with two attached hydrogens (primary N) is 1. The van der Waals surface area contributed by atoms with Crippen LogP contribution in [0.5, 0.6) is 11.5 Å². The van der Waals surface area contributed by atoms with Gasteiger partial charge < -0.3 is 20.3 Å². The first-order valence-corrected chi connectivity index (χ1v) is 4.75. The van der Waals surface area contributed by atoms with E-state index in [2.05, 4.69) is 0 Å². The molecule has 0 saturated carbocycles. The predicted molar refractivity (Wildman–Crippen MR) is 58.2 cm³/mol. The van der Waals surface area contributed by atoms with Crippen LogP contribution in [0.15, 0.2) is 18.2 Å². The van der Waals surface area contributed by atoms with E-state index in [9.17, 15) is 5.11 Å². The van der Waals surface area contributed by atoms with E-state index >= 15 is 0 Å². The summed E-state index contributed by atoms with van der Waals surface area (Å²) in [6.45, 7) is 1.65. The minimum absolute atomic E-state index is 0.436. The largest absolute Gasteiger partial charge is 0.497 e. The number of aliphatic hydroxyl groups is 1. The summed E-state index contributed by atoms with van der Waals surface area (Å²) >= 11 is 0. The lowest BCUT2D eigenvalue weighted by Crippen LogP contribution is -2.23. The molecule has 0 bridgehead atoms. The van der Waals surface area contributed by atoms with Crippen molar-refractivity contribution in [3.8, 4) is 11.5 Å². The third-order valence-electron chi connectivity index (χ3n) is 2.28. The van der Waals surface area contributed by atoms with E-state index in [0.717, 1.165) is 5.56 Å². The minimum Gasteiger partial charge on any atom is -0.497 e. The average Bonchev–Trinajstić information content (AvgIpc) is 2.27. The van der Waals surface area contributed by atoms with Crippen LogP contribution in [0.1, 0.15) is 18.5 Å². The summed E-state index contributed by atoms with van der Waals surface area (Å²) in [5.41, 5.74) is 6.62. The molecule has 0 amide bonds. The number of benzene rings is 1. The fourth-order valence-corrected chi connectivity index (χ4v) is 1.30. The summed E-state index contributed by atoms with van der Waals surface area (Å²) in [4.78, 5) is 0. The van der Waals surface area contributed by atoms with Crippen molar-refractivity contribution in [3.63, 3.8) is 0 Å². The van der Waals surface area contributed by atoms with Gasteiger partial charge in [-0.05, 0) is 24.6 Å². The molecule has 0 unspecified atom stereocenters. The smallest absolute Gasteiger partial charge is 0.122 e. The highest BCUT2D eigenvalue weighted by molar-refractivity contribution is 5.40. The normalized spacial score (nSPS) is 14.5. The molecule has 4 nitrogen and oxygen atoms in total. The Morgan fingerprint density at radius 3 is 1.93 bits per heavy atom. The summed E-state index contributed by atoms with van der Waals surface area (Å²) in [5, 5.41) is 9.39. The third-order valence-corrected chi connectivity index (χ3v) is 2.28. The molecule has 0 radical (unpaired) electrons. The zero-order valence-electron chi connectivity index (χ0n) is 9.23. The summed E-state index contributed by atoms with van der Waals surface area (Å²) in [7, 11) is 3.15. The first-order chi connectivity index (χ1) is 7.08. The molecule has 84 valence electrons. The number of ether oxygens (including phenoxy) is 2. The lowest BCUT2D eigenvalue weighted by atomic mass is 10.0. The molecule has 3 N–H and O–H groups in total. The van der Waals surface area contributed by atoms with Gasteiger partial charge in [-0.3, -0.25) is 0 Å². The molecule has 2 atom stereocenters. The minimum atomic E-state index is -0.609. The van der Waals surface area contributed by atoms with Gasteiger partial charge in [0.25, 0.3) is 0 Å². The Hall–Kier alpha value is -1.26. The second-order valence-corrected chi connectivity index (χ2v) is 3.41. The van der Waals surface area contributed by atoms with Crippen molar-refractivity contribution in [3.05, 3.63) is 23.8 Å². The first kappa shape index (κ1) is 11.8. The van der Waals surface area contributed by atoms with Gasteiger partial charge in [-0.15, -0.1) is 0 Å². The Bertz CT molecular complexity index is 303. The molecule has 1 rings (SSSR count). The summed E-state index contributed by atoms with van der Waals surface area (Å²) in [6.07, 6.45) is -0.609. The van der Waals surface area contributed by atoms with E-state index in [1.54, 1.807) is 39.3 Å². The quantitative estimate of drug-likeness (QED) is 0.782. The van der Waals surface area contributed by atoms with Crippen molar-refractivity contribution in [2.75, 3.05) is 14.2 Å². The average molecular weight is 211 g/mol. The standard InChI is InChI=1S/C11H17NO3/c1-7(13)11(12)8-4-9(14-2)6-10(5-8)15-3/h4-7,11,13H,12H2,1-3H3/t7-,11+/m1/s1. The maximum atomic E-state index is 9.39. The van der Waals surface area contributed by atoms with Crippen LogP contribution in [0, 0.1) is 0 Å². The van der Waals surface area contributed by atoms with E-state index in [4.69, 9.17) is 15.2 Å². The Balaban J connectivity index is 3.06. The van der Waals surface area contributed by atoms with Gasteiger partial charge in [0.2, 0.25) is 0 Å². The molecule has 4 heteroatoms. The lowest BCUT2D eigenvalue weighted by Gasteiger charge is -2.16. The molecule has 0 fully saturated rings. The molecule has 0 aromatic heterocycles. The zero-order chi connectivity index (χ0) is 11.4. The van der Waals surface area contributed by atoms with Gasteiger partial charge in [-0.25, -0.2) is 0 Å². The van der Waals surface area contributed by atoms with E-state index < -0.39 is 12.1 Å². The molecule has 1 aromatic rings. The molecule has 0 aliphatic rings. The molecule has 0 saturated heterocycles. The highest BCUT2D eigenvalue weighted by Gasteiger charge is 2.14. The fourth-order valence-electron chi connectivity index (χ4n) is 1.30. The number of aliphatic hydroxyl groups excluding tert-OH is 1. The van der Waals surface area contributed by atoms with Crippen molar-refractivity contribution in [2.45, 2.75) is 19.1 Å².